The number of rotatable bonds is 8. The van der Waals surface area contributed by atoms with E-state index in [0.717, 1.165) is 38.5 Å². The van der Waals surface area contributed by atoms with Crippen molar-refractivity contribution in [3.05, 3.63) is 95.1 Å². The molecule has 9 heteroatoms. The lowest BCUT2D eigenvalue weighted by Crippen LogP contribution is -2.31. The molecule has 4 aromatic rings. The van der Waals surface area contributed by atoms with Crippen LogP contribution in [0, 0.1) is 0 Å². The van der Waals surface area contributed by atoms with Crippen molar-refractivity contribution in [2.45, 2.75) is 43.2 Å². The summed E-state index contributed by atoms with van der Waals surface area (Å²) < 4.78 is 14.5. The second kappa shape index (κ2) is 11.3. The summed E-state index contributed by atoms with van der Waals surface area (Å²) in [6.45, 7) is 0.531. The molecule has 2 heterocycles. The Bertz CT molecular complexity index is 1280. The lowest BCUT2D eigenvalue weighted by molar-refractivity contribution is -0.245. The number of hydrogen-bond donors (Lipinski definition) is 2. The van der Waals surface area contributed by atoms with E-state index >= 15 is 0 Å². The zero-order chi connectivity index (χ0) is 24.9. The zero-order valence-electron chi connectivity index (χ0n) is 20.0. The molecule has 0 aliphatic carbocycles. The third-order valence-corrected chi connectivity index (χ3v) is 7.42. The first kappa shape index (κ1) is 24.6. The van der Waals surface area contributed by atoms with Gasteiger partial charge in [0, 0.05) is 31.3 Å². The number of aliphatic hydroxyl groups excluding tert-OH is 1. The predicted octanol–water partition coefficient (Wildman–Crippen LogP) is 4.17. The van der Waals surface area contributed by atoms with Crippen molar-refractivity contribution in [1.29, 1.82) is 0 Å². The number of benzene rings is 3. The molecule has 0 bridgehead atoms. The number of aryl methyl sites for hydroxylation is 1. The van der Waals surface area contributed by atoms with Crippen molar-refractivity contribution in [2.75, 3.05) is 5.75 Å². The van der Waals surface area contributed by atoms with Crippen LogP contribution in [-0.2, 0) is 29.7 Å². The van der Waals surface area contributed by atoms with Crippen LogP contribution < -0.4 is 5.73 Å². The van der Waals surface area contributed by atoms with Crippen molar-refractivity contribution in [2.24, 2.45) is 12.8 Å². The molecule has 0 spiro atoms. The molecule has 1 aliphatic rings. The first-order valence-corrected chi connectivity index (χ1v) is 12.9. The van der Waals surface area contributed by atoms with Crippen LogP contribution in [0.2, 0.25) is 0 Å². The summed E-state index contributed by atoms with van der Waals surface area (Å²) in [4.78, 5) is 0. The summed E-state index contributed by atoms with van der Waals surface area (Å²) in [5, 5.41) is 21.9. The molecule has 0 amide bonds. The van der Waals surface area contributed by atoms with Gasteiger partial charge >= 0.3 is 0 Å². The van der Waals surface area contributed by atoms with Crippen LogP contribution in [0.5, 0.6) is 0 Å². The SMILES string of the molecule is Cn1nnnc1SC[C@@H]1C[C@H](c2ccc(CO)cc2)O[C@H](c2ccc(-c3cccc(CN)c3)cc2)O1. The minimum atomic E-state index is -0.506. The maximum atomic E-state index is 9.41. The smallest absolute Gasteiger partial charge is 0.209 e. The van der Waals surface area contributed by atoms with Gasteiger partial charge in [0.2, 0.25) is 5.16 Å². The van der Waals surface area contributed by atoms with Gasteiger partial charge in [-0.2, -0.15) is 0 Å². The highest BCUT2D eigenvalue weighted by molar-refractivity contribution is 7.99. The molecule has 3 atom stereocenters. The molecule has 1 aromatic heterocycles. The molecule has 0 radical (unpaired) electrons. The van der Waals surface area contributed by atoms with Gasteiger partial charge in [0.25, 0.3) is 0 Å². The van der Waals surface area contributed by atoms with Crippen LogP contribution in [-0.4, -0.2) is 37.2 Å². The maximum Gasteiger partial charge on any atom is 0.209 e. The molecule has 1 aliphatic heterocycles. The first-order valence-electron chi connectivity index (χ1n) is 11.9. The summed E-state index contributed by atoms with van der Waals surface area (Å²) in [5.41, 5.74) is 12.0. The molecule has 0 unspecified atom stereocenters. The average Bonchev–Trinajstić information content (AvgIpc) is 3.36. The van der Waals surface area contributed by atoms with Gasteiger partial charge in [0.05, 0.1) is 18.8 Å². The van der Waals surface area contributed by atoms with Gasteiger partial charge in [-0.15, -0.1) is 5.10 Å². The Morgan fingerprint density at radius 1 is 0.972 bits per heavy atom. The molecule has 8 nitrogen and oxygen atoms in total. The van der Waals surface area contributed by atoms with Gasteiger partial charge in [0.15, 0.2) is 6.29 Å². The molecule has 5 rings (SSSR count). The van der Waals surface area contributed by atoms with Crippen molar-refractivity contribution in [3.8, 4) is 11.1 Å². The number of tetrazole rings is 1. The molecule has 3 N–H and O–H groups in total. The van der Waals surface area contributed by atoms with E-state index in [-0.39, 0.29) is 18.8 Å². The highest BCUT2D eigenvalue weighted by Crippen LogP contribution is 2.39. The summed E-state index contributed by atoms with van der Waals surface area (Å²) in [6.07, 6.45) is 0.000408. The molecular formula is C27H29N5O3S. The van der Waals surface area contributed by atoms with Crippen molar-refractivity contribution in [1.82, 2.24) is 20.2 Å². The van der Waals surface area contributed by atoms with Gasteiger partial charge in [-0.1, -0.05) is 78.5 Å². The highest BCUT2D eigenvalue weighted by atomic mass is 32.2. The number of thioether (sulfide) groups is 1. The van der Waals surface area contributed by atoms with Gasteiger partial charge in [-0.05, 0) is 44.3 Å². The fourth-order valence-corrected chi connectivity index (χ4v) is 5.11. The van der Waals surface area contributed by atoms with E-state index in [2.05, 4.69) is 51.9 Å². The predicted molar refractivity (Wildman–Crippen MR) is 138 cm³/mol. The number of aromatic nitrogens is 4. The Balaban J connectivity index is 1.36. The Hall–Kier alpha value is -3.08. The molecule has 186 valence electrons. The summed E-state index contributed by atoms with van der Waals surface area (Å²) >= 11 is 1.57. The van der Waals surface area contributed by atoms with E-state index in [1.54, 1.807) is 16.4 Å². The molecule has 36 heavy (non-hydrogen) atoms. The van der Waals surface area contributed by atoms with E-state index in [9.17, 15) is 5.11 Å². The summed E-state index contributed by atoms with van der Waals surface area (Å²) in [5.74, 6) is 0.698. The van der Waals surface area contributed by atoms with Crippen LogP contribution in [0.4, 0.5) is 0 Å². The van der Waals surface area contributed by atoms with Crippen molar-refractivity contribution in [3.63, 3.8) is 0 Å². The molecule has 1 fully saturated rings. The monoisotopic (exact) mass is 503 g/mol. The van der Waals surface area contributed by atoms with Crippen molar-refractivity contribution >= 4 is 11.8 Å². The van der Waals surface area contributed by atoms with Gasteiger partial charge in [0.1, 0.15) is 0 Å². The van der Waals surface area contributed by atoms with Crippen molar-refractivity contribution < 1.29 is 14.6 Å². The van der Waals surface area contributed by atoms with E-state index in [1.165, 1.54) is 0 Å². The minimum absolute atomic E-state index is 0.0169. The molecule has 0 saturated carbocycles. The zero-order valence-corrected chi connectivity index (χ0v) is 20.8. The Labute approximate surface area is 214 Å². The maximum absolute atomic E-state index is 9.41. The molecule has 1 saturated heterocycles. The first-order chi connectivity index (χ1) is 17.6. The highest BCUT2D eigenvalue weighted by Gasteiger charge is 2.32. The Kier molecular flexibility index (Phi) is 7.74. The molecular weight excluding hydrogens is 474 g/mol. The third-order valence-electron chi connectivity index (χ3n) is 6.27. The largest absolute Gasteiger partial charge is 0.392 e. The molecule has 3 aromatic carbocycles. The van der Waals surface area contributed by atoms with Gasteiger partial charge in [-0.3, -0.25) is 0 Å². The fraction of sp³-hybridized carbons (Fsp3) is 0.296. The average molecular weight is 504 g/mol. The number of nitrogens with zero attached hydrogens (tertiary/aromatic N) is 4. The number of aliphatic hydroxyl groups is 1. The Morgan fingerprint density at radius 3 is 2.44 bits per heavy atom. The normalized spacial score (nSPS) is 19.9. The quantitative estimate of drug-likeness (QED) is 0.345. The van der Waals surface area contributed by atoms with Gasteiger partial charge < -0.3 is 20.3 Å². The number of nitrogens with two attached hydrogens (primary N) is 1. The van der Waals surface area contributed by atoms with Crippen LogP contribution in [0.15, 0.2) is 78.0 Å². The Morgan fingerprint density at radius 2 is 1.75 bits per heavy atom. The van der Waals surface area contributed by atoms with Crippen LogP contribution in [0.3, 0.4) is 0 Å². The summed E-state index contributed by atoms with van der Waals surface area (Å²) in [7, 11) is 1.83. The third kappa shape index (κ3) is 5.66. The fourth-order valence-electron chi connectivity index (χ4n) is 4.24. The van der Waals surface area contributed by atoms with E-state index < -0.39 is 6.29 Å². The second-order valence-corrected chi connectivity index (χ2v) is 9.76. The van der Waals surface area contributed by atoms with Gasteiger partial charge in [-0.25, -0.2) is 4.68 Å². The van der Waals surface area contributed by atoms with Crippen LogP contribution in [0.1, 0.15) is 41.1 Å². The van der Waals surface area contributed by atoms with E-state index in [0.29, 0.717) is 18.7 Å². The lowest BCUT2D eigenvalue weighted by Gasteiger charge is -2.36. The second-order valence-electron chi connectivity index (χ2n) is 8.77. The lowest BCUT2D eigenvalue weighted by atomic mass is 9.99. The van der Waals surface area contributed by atoms with Crippen LogP contribution in [0.25, 0.3) is 11.1 Å². The number of ether oxygens (including phenoxy) is 2. The minimum Gasteiger partial charge on any atom is -0.392 e. The number of hydrogen-bond acceptors (Lipinski definition) is 8. The van der Waals surface area contributed by atoms with E-state index in [4.69, 9.17) is 15.2 Å². The standard InChI is InChI=1S/C27H29N5O3S/c1-32-27(29-30-31-32)36-17-24-14-25(21-7-5-18(16-33)6-8-21)35-26(34-24)22-11-9-20(10-12-22)23-4-2-3-19(13-23)15-28/h2-13,24-26,33H,14-17,28H2,1H3/t24-,25+,26+/m0/s1. The van der Waals surface area contributed by atoms with Crippen LogP contribution >= 0.6 is 11.8 Å². The topological polar surface area (TPSA) is 108 Å². The van der Waals surface area contributed by atoms with E-state index in [1.807, 2.05) is 43.4 Å². The summed E-state index contributed by atoms with van der Waals surface area (Å²) in [6, 6.07) is 24.5.